The Morgan fingerprint density at radius 2 is 2.18 bits per heavy atom. The van der Waals surface area contributed by atoms with Gasteiger partial charge in [0.2, 0.25) is 5.91 Å². The first kappa shape index (κ1) is 15.2. The number of hydrogen-bond acceptors (Lipinski definition) is 5. The first-order valence-electron chi connectivity index (χ1n) is 8.15. The maximum absolute atomic E-state index is 12.3. The molecule has 0 spiro atoms. The van der Waals surface area contributed by atoms with Crippen LogP contribution in [0.15, 0.2) is 12.4 Å². The molecule has 0 aliphatic carbocycles. The van der Waals surface area contributed by atoms with Crippen molar-refractivity contribution in [2.45, 2.75) is 51.2 Å². The first-order valence-corrected chi connectivity index (χ1v) is 8.15. The number of nitrogens with zero attached hydrogens (tertiary/aromatic N) is 3. The topological polar surface area (TPSA) is 67.4 Å². The minimum atomic E-state index is 0.146. The van der Waals surface area contributed by atoms with Gasteiger partial charge >= 0.3 is 0 Å². The number of aryl methyl sites for hydroxylation is 1. The van der Waals surface area contributed by atoms with Crippen molar-refractivity contribution < 1.29 is 9.53 Å². The van der Waals surface area contributed by atoms with Crippen molar-refractivity contribution in [3.05, 3.63) is 18.1 Å². The summed E-state index contributed by atoms with van der Waals surface area (Å²) in [5, 5.41) is 3.44. The lowest BCUT2D eigenvalue weighted by atomic mass is 10.0. The van der Waals surface area contributed by atoms with Gasteiger partial charge in [-0.05, 0) is 32.6 Å². The van der Waals surface area contributed by atoms with Crippen LogP contribution in [0.4, 0.5) is 5.82 Å². The van der Waals surface area contributed by atoms with Gasteiger partial charge in [0.15, 0.2) is 0 Å². The van der Waals surface area contributed by atoms with E-state index in [4.69, 9.17) is 4.74 Å². The van der Waals surface area contributed by atoms with Gasteiger partial charge in [0.1, 0.15) is 12.1 Å². The number of anilines is 1. The van der Waals surface area contributed by atoms with Crippen molar-refractivity contribution in [3.63, 3.8) is 0 Å². The fourth-order valence-corrected chi connectivity index (χ4v) is 3.15. The van der Waals surface area contributed by atoms with Crippen LogP contribution >= 0.6 is 0 Å². The van der Waals surface area contributed by atoms with Gasteiger partial charge in [0.05, 0.1) is 12.5 Å². The van der Waals surface area contributed by atoms with E-state index < -0.39 is 0 Å². The van der Waals surface area contributed by atoms with Gasteiger partial charge in [-0.1, -0.05) is 0 Å². The van der Waals surface area contributed by atoms with Gasteiger partial charge in [0.25, 0.3) is 0 Å². The Bertz CT molecular complexity index is 509. The van der Waals surface area contributed by atoms with E-state index in [1.54, 1.807) is 6.33 Å². The van der Waals surface area contributed by atoms with Crippen molar-refractivity contribution in [1.29, 1.82) is 0 Å². The number of likely N-dealkylation sites (tertiary alicyclic amines) is 1. The summed E-state index contributed by atoms with van der Waals surface area (Å²) in [6.45, 7) is 4.39. The normalized spacial score (nSPS) is 22.8. The second-order valence-electron chi connectivity index (χ2n) is 6.18. The van der Waals surface area contributed by atoms with Crippen LogP contribution in [0.5, 0.6) is 0 Å². The average Bonchev–Trinajstić information content (AvgIpc) is 3.01. The molecule has 2 aliphatic rings. The zero-order valence-corrected chi connectivity index (χ0v) is 13.1. The zero-order valence-electron chi connectivity index (χ0n) is 13.1. The minimum absolute atomic E-state index is 0.146. The Balaban J connectivity index is 1.44. The number of carbonyl (C=O) groups excluding carboxylic acids is 1. The molecule has 0 radical (unpaired) electrons. The average molecular weight is 304 g/mol. The van der Waals surface area contributed by atoms with Gasteiger partial charge in [-0.2, -0.15) is 0 Å². The molecule has 1 aromatic rings. The van der Waals surface area contributed by atoms with Crippen LogP contribution in [0, 0.1) is 6.92 Å². The molecule has 120 valence electrons. The molecular formula is C16H24N4O2. The molecule has 0 aromatic carbocycles. The summed E-state index contributed by atoms with van der Waals surface area (Å²) < 4.78 is 5.55. The molecule has 1 unspecified atom stereocenters. The van der Waals surface area contributed by atoms with Gasteiger partial charge in [0, 0.05) is 37.5 Å². The molecule has 0 saturated carbocycles. The fraction of sp³-hybridized carbons (Fsp3) is 0.688. The molecule has 0 bridgehead atoms. The van der Waals surface area contributed by atoms with E-state index in [0.717, 1.165) is 56.9 Å². The highest BCUT2D eigenvalue weighted by atomic mass is 16.5. The van der Waals surface area contributed by atoms with Gasteiger partial charge < -0.3 is 15.0 Å². The molecule has 1 aromatic heterocycles. The number of carbonyl (C=O) groups is 1. The van der Waals surface area contributed by atoms with Crippen molar-refractivity contribution in [1.82, 2.24) is 14.9 Å². The second-order valence-corrected chi connectivity index (χ2v) is 6.18. The lowest BCUT2D eigenvalue weighted by Gasteiger charge is -2.33. The molecule has 1 atom stereocenters. The van der Waals surface area contributed by atoms with E-state index in [0.29, 0.717) is 12.5 Å². The third-order valence-electron chi connectivity index (χ3n) is 4.43. The molecule has 6 heteroatoms. The van der Waals surface area contributed by atoms with Crippen LogP contribution in [-0.4, -0.2) is 52.6 Å². The van der Waals surface area contributed by atoms with Crippen LogP contribution in [0.1, 0.15) is 37.8 Å². The third-order valence-corrected chi connectivity index (χ3v) is 4.43. The van der Waals surface area contributed by atoms with E-state index >= 15 is 0 Å². The monoisotopic (exact) mass is 304 g/mol. The van der Waals surface area contributed by atoms with Crippen molar-refractivity contribution in [2.24, 2.45) is 0 Å². The largest absolute Gasteiger partial charge is 0.378 e. The molecule has 2 fully saturated rings. The Labute approximate surface area is 131 Å². The summed E-state index contributed by atoms with van der Waals surface area (Å²) in [5.74, 6) is 1.11. The molecule has 22 heavy (non-hydrogen) atoms. The highest BCUT2D eigenvalue weighted by molar-refractivity contribution is 5.76. The van der Waals surface area contributed by atoms with Gasteiger partial charge in [-0.15, -0.1) is 0 Å². The van der Waals surface area contributed by atoms with Crippen LogP contribution in [0.3, 0.4) is 0 Å². The first-order chi connectivity index (χ1) is 10.7. The predicted octanol–water partition coefficient (Wildman–Crippen LogP) is 1.76. The highest BCUT2D eigenvalue weighted by Crippen LogP contribution is 2.20. The molecule has 2 saturated heterocycles. The van der Waals surface area contributed by atoms with Crippen LogP contribution < -0.4 is 5.32 Å². The van der Waals surface area contributed by atoms with E-state index in [1.165, 1.54) is 0 Å². The molecule has 3 rings (SSSR count). The zero-order chi connectivity index (χ0) is 15.4. The third kappa shape index (κ3) is 3.94. The van der Waals surface area contributed by atoms with Crippen LogP contribution in [0.2, 0.25) is 0 Å². The highest BCUT2D eigenvalue weighted by Gasteiger charge is 2.26. The maximum Gasteiger partial charge on any atom is 0.225 e. The van der Waals surface area contributed by atoms with E-state index in [-0.39, 0.29) is 12.0 Å². The SMILES string of the molecule is Cc1cc(NC2CCN(C(=O)CC3CCCO3)CC2)ncn1. The Hall–Kier alpha value is -1.69. The number of ether oxygens (including phenoxy) is 1. The van der Waals surface area contributed by atoms with E-state index in [1.807, 2.05) is 17.9 Å². The lowest BCUT2D eigenvalue weighted by molar-refractivity contribution is -0.134. The number of piperidine rings is 1. The quantitative estimate of drug-likeness (QED) is 0.918. The Morgan fingerprint density at radius 1 is 1.36 bits per heavy atom. The number of hydrogen-bond donors (Lipinski definition) is 1. The molecule has 3 heterocycles. The smallest absolute Gasteiger partial charge is 0.225 e. The minimum Gasteiger partial charge on any atom is -0.378 e. The van der Waals surface area contributed by atoms with Gasteiger partial charge in [-0.3, -0.25) is 4.79 Å². The Kier molecular flexibility index (Phi) is 4.87. The predicted molar refractivity (Wildman–Crippen MR) is 83.6 cm³/mol. The standard InChI is InChI=1S/C16H24N4O2/c1-12-9-15(18-11-17-12)19-13-4-6-20(7-5-13)16(21)10-14-3-2-8-22-14/h9,11,13-14H,2-8,10H2,1H3,(H,17,18,19). The molecule has 6 nitrogen and oxygen atoms in total. The molecule has 1 amide bonds. The summed E-state index contributed by atoms with van der Waals surface area (Å²) in [7, 11) is 0. The van der Waals surface area contributed by atoms with Crippen molar-refractivity contribution >= 4 is 11.7 Å². The summed E-state index contributed by atoms with van der Waals surface area (Å²) in [6.07, 6.45) is 6.30. The lowest BCUT2D eigenvalue weighted by Crippen LogP contribution is -2.43. The second kappa shape index (κ2) is 7.05. The van der Waals surface area contributed by atoms with E-state index in [2.05, 4.69) is 15.3 Å². The summed E-state index contributed by atoms with van der Waals surface area (Å²) >= 11 is 0. The maximum atomic E-state index is 12.3. The van der Waals surface area contributed by atoms with Crippen LogP contribution in [-0.2, 0) is 9.53 Å². The van der Waals surface area contributed by atoms with Crippen molar-refractivity contribution in [3.8, 4) is 0 Å². The summed E-state index contributed by atoms with van der Waals surface area (Å²) in [4.78, 5) is 22.6. The van der Waals surface area contributed by atoms with Gasteiger partial charge in [-0.25, -0.2) is 9.97 Å². The number of rotatable bonds is 4. The number of nitrogens with one attached hydrogen (secondary N) is 1. The molecule has 1 N–H and O–H groups in total. The molecular weight excluding hydrogens is 280 g/mol. The number of aromatic nitrogens is 2. The summed E-state index contributed by atoms with van der Waals surface area (Å²) in [5.41, 5.74) is 0.960. The Morgan fingerprint density at radius 3 is 2.86 bits per heavy atom. The fourth-order valence-electron chi connectivity index (χ4n) is 3.15. The van der Waals surface area contributed by atoms with E-state index in [9.17, 15) is 4.79 Å². The number of amides is 1. The summed E-state index contributed by atoms with van der Waals surface area (Å²) in [6, 6.07) is 2.33. The van der Waals surface area contributed by atoms with Crippen LogP contribution in [0.25, 0.3) is 0 Å². The molecule has 2 aliphatic heterocycles. The van der Waals surface area contributed by atoms with Crippen molar-refractivity contribution in [2.75, 3.05) is 25.0 Å².